The van der Waals surface area contributed by atoms with Crippen molar-refractivity contribution in [3.05, 3.63) is 23.9 Å². The fraction of sp³-hybridized carbons (Fsp3) is 0.667. The third-order valence-electron chi connectivity index (χ3n) is 4.23. The van der Waals surface area contributed by atoms with Gasteiger partial charge >= 0.3 is 0 Å². The van der Waals surface area contributed by atoms with Crippen molar-refractivity contribution in [2.45, 2.75) is 58.9 Å². The SMILES string of the molecule is CCC(C)NC(=NC)NCc1ccc(N2CC(C)OC(C)C2)nc1. The van der Waals surface area contributed by atoms with E-state index in [1.807, 2.05) is 6.20 Å². The van der Waals surface area contributed by atoms with Crippen LogP contribution in [0.1, 0.15) is 39.7 Å². The Morgan fingerprint density at radius 1 is 1.38 bits per heavy atom. The van der Waals surface area contributed by atoms with Gasteiger partial charge in [-0.3, -0.25) is 4.99 Å². The van der Waals surface area contributed by atoms with Crippen LogP contribution in [-0.4, -0.2) is 49.3 Å². The Bertz CT molecular complexity index is 521. The van der Waals surface area contributed by atoms with E-state index >= 15 is 0 Å². The van der Waals surface area contributed by atoms with Gasteiger partial charge in [-0.25, -0.2) is 4.98 Å². The summed E-state index contributed by atoms with van der Waals surface area (Å²) >= 11 is 0. The molecule has 3 unspecified atom stereocenters. The van der Waals surface area contributed by atoms with Crippen molar-refractivity contribution < 1.29 is 4.74 Å². The monoisotopic (exact) mass is 333 g/mol. The molecule has 134 valence electrons. The standard InChI is InChI=1S/C18H31N5O/c1-6-13(2)22-18(19-5)21-10-16-7-8-17(20-9-16)23-11-14(3)24-15(4)12-23/h7-9,13-15H,6,10-12H2,1-5H3,(H2,19,21,22). The fourth-order valence-corrected chi connectivity index (χ4v) is 2.79. The van der Waals surface area contributed by atoms with Crippen LogP contribution in [0.2, 0.25) is 0 Å². The third-order valence-corrected chi connectivity index (χ3v) is 4.23. The molecule has 0 amide bonds. The molecule has 2 heterocycles. The van der Waals surface area contributed by atoms with Crippen LogP contribution in [0.15, 0.2) is 23.3 Å². The fourth-order valence-electron chi connectivity index (χ4n) is 2.79. The van der Waals surface area contributed by atoms with Gasteiger partial charge in [0.2, 0.25) is 0 Å². The first-order valence-corrected chi connectivity index (χ1v) is 8.84. The van der Waals surface area contributed by atoms with E-state index in [1.165, 1.54) is 0 Å². The van der Waals surface area contributed by atoms with E-state index in [9.17, 15) is 0 Å². The summed E-state index contributed by atoms with van der Waals surface area (Å²) < 4.78 is 5.78. The molecule has 1 aromatic heterocycles. The summed E-state index contributed by atoms with van der Waals surface area (Å²) in [7, 11) is 1.79. The van der Waals surface area contributed by atoms with Gasteiger partial charge in [-0.15, -0.1) is 0 Å². The molecule has 0 saturated carbocycles. The van der Waals surface area contributed by atoms with Gasteiger partial charge in [-0.05, 0) is 38.8 Å². The molecule has 0 aromatic carbocycles. The van der Waals surface area contributed by atoms with Crippen molar-refractivity contribution in [2.24, 2.45) is 4.99 Å². The normalized spacial score (nSPS) is 23.0. The molecule has 1 fully saturated rings. The van der Waals surface area contributed by atoms with E-state index in [2.05, 4.69) is 65.3 Å². The van der Waals surface area contributed by atoms with Gasteiger partial charge in [-0.2, -0.15) is 0 Å². The van der Waals surface area contributed by atoms with Crippen LogP contribution < -0.4 is 15.5 Å². The summed E-state index contributed by atoms with van der Waals surface area (Å²) in [6.45, 7) is 11.0. The van der Waals surface area contributed by atoms with Gasteiger partial charge in [-0.1, -0.05) is 13.0 Å². The molecule has 0 bridgehead atoms. The lowest BCUT2D eigenvalue weighted by atomic mass is 10.2. The topological polar surface area (TPSA) is 61.8 Å². The number of hydrogen-bond donors (Lipinski definition) is 2. The van der Waals surface area contributed by atoms with Crippen molar-refractivity contribution in [1.82, 2.24) is 15.6 Å². The number of aliphatic imine (C=N–C) groups is 1. The number of ether oxygens (including phenoxy) is 1. The van der Waals surface area contributed by atoms with Gasteiger partial charge in [0.15, 0.2) is 5.96 Å². The van der Waals surface area contributed by atoms with Gasteiger partial charge < -0.3 is 20.3 Å². The highest BCUT2D eigenvalue weighted by molar-refractivity contribution is 5.79. The summed E-state index contributed by atoms with van der Waals surface area (Å²) in [5.74, 6) is 1.84. The van der Waals surface area contributed by atoms with E-state index < -0.39 is 0 Å². The second kappa shape index (κ2) is 8.87. The minimum Gasteiger partial charge on any atom is -0.372 e. The Labute approximate surface area is 145 Å². The van der Waals surface area contributed by atoms with Crippen molar-refractivity contribution in [1.29, 1.82) is 0 Å². The van der Waals surface area contributed by atoms with E-state index in [0.717, 1.165) is 36.9 Å². The molecule has 1 aromatic rings. The predicted octanol–water partition coefficient (Wildman–Crippen LogP) is 2.16. The smallest absolute Gasteiger partial charge is 0.191 e. The molecule has 6 nitrogen and oxygen atoms in total. The predicted molar refractivity (Wildman–Crippen MR) is 99.5 cm³/mol. The lowest BCUT2D eigenvalue weighted by Crippen LogP contribution is -2.45. The minimum atomic E-state index is 0.242. The average Bonchev–Trinajstić information content (AvgIpc) is 2.58. The molecule has 3 atom stereocenters. The quantitative estimate of drug-likeness (QED) is 0.639. The highest BCUT2D eigenvalue weighted by atomic mass is 16.5. The number of pyridine rings is 1. The molecular formula is C18H31N5O. The zero-order valence-corrected chi connectivity index (χ0v) is 15.5. The Balaban J connectivity index is 1.90. The highest BCUT2D eigenvalue weighted by Crippen LogP contribution is 2.18. The zero-order valence-electron chi connectivity index (χ0n) is 15.5. The number of hydrogen-bond acceptors (Lipinski definition) is 4. The maximum absolute atomic E-state index is 5.78. The first kappa shape index (κ1) is 18.5. The van der Waals surface area contributed by atoms with E-state index in [4.69, 9.17) is 4.74 Å². The number of morpholine rings is 1. The van der Waals surface area contributed by atoms with Gasteiger partial charge in [0.25, 0.3) is 0 Å². The van der Waals surface area contributed by atoms with Crippen LogP contribution >= 0.6 is 0 Å². The molecule has 1 saturated heterocycles. The summed E-state index contributed by atoms with van der Waals surface area (Å²) in [6, 6.07) is 4.62. The van der Waals surface area contributed by atoms with Crippen LogP contribution in [0.5, 0.6) is 0 Å². The maximum Gasteiger partial charge on any atom is 0.191 e. The first-order valence-electron chi connectivity index (χ1n) is 8.84. The summed E-state index contributed by atoms with van der Waals surface area (Å²) in [5, 5.41) is 6.69. The van der Waals surface area contributed by atoms with Crippen LogP contribution in [0.25, 0.3) is 0 Å². The van der Waals surface area contributed by atoms with Crippen LogP contribution in [0.3, 0.4) is 0 Å². The average molecular weight is 333 g/mol. The van der Waals surface area contributed by atoms with Crippen molar-refractivity contribution >= 4 is 11.8 Å². The molecule has 0 spiro atoms. The number of anilines is 1. The molecule has 0 aliphatic carbocycles. The van der Waals surface area contributed by atoms with Crippen LogP contribution in [0, 0.1) is 0 Å². The van der Waals surface area contributed by atoms with Crippen molar-refractivity contribution in [3.8, 4) is 0 Å². The number of aromatic nitrogens is 1. The molecule has 0 radical (unpaired) electrons. The van der Waals surface area contributed by atoms with Gasteiger partial charge in [0.1, 0.15) is 5.82 Å². The zero-order chi connectivity index (χ0) is 17.5. The maximum atomic E-state index is 5.78. The summed E-state index contributed by atoms with van der Waals surface area (Å²) in [6.07, 6.45) is 3.48. The second-order valence-corrected chi connectivity index (χ2v) is 6.57. The second-order valence-electron chi connectivity index (χ2n) is 6.57. The Kier molecular flexibility index (Phi) is 6.85. The van der Waals surface area contributed by atoms with Crippen molar-refractivity contribution in [3.63, 3.8) is 0 Å². The van der Waals surface area contributed by atoms with Gasteiger partial charge in [0, 0.05) is 38.9 Å². The summed E-state index contributed by atoms with van der Waals surface area (Å²) in [5.41, 5.74) is 1.14. The third kappa shape index (κ3) is 5.37. The Morgan fingerprint density at radius 2 is 2.08 bits per heavy atom. The lowest BCUT2D eigenvalue weighted by Gasteiger charge is -2.36. The number of guanidine groups is 1. The Morgan fingerprint density at radius 3 is 2.62 bits per heavy atom. The van der Waals surface area contributed by atoms with Crippen LogP contribution in [0.4, 0.5) is 5.82 Å². The van der Waals surface area contributed by atoms with E-state index in [0.29, 0.717) is 12.6 Å². The van der Waals surface area contributed by atoms with Crippen molar-refractivity contribution in [2.75, 3.05) is 25.0 Å². The van der Waals surface area contributed by atoms with Gasteiger partial charge in [0.05, 0.1) is 12.2 Å². The molecule has 2 rings (SSSR count). The van der Waals surface area contributed by atoms with E-state index in [-0.39, 0.29) is 12.2 Å². The molecule has 2 N–H and O–H groups in total. The molecule has 1 aliphatic heterocycles. The first-order chi connectivity index (χ1) is 11.5. The van der Waals surface area contributed by atoms with E-state index in [1.54, 1.807) is 7.05 Å². The molecular weight excluding hydrogens is 302 g/mol. The largest absolute Gasteiger partial charge is 0.372 e. The Hall–Kier alpha value is -1.82. The molecule has 6 heteroatoms. The number of nitrogens with zero attached hydrogens (tertiary/aromatic N) is 3. The summed E-state index contributed by atoms with van der Waals surface area (Å²) in [4.78, 5) is 11.2. The molecule has 24 heavy (non-hydrogen) atoms. The van der Waals surface area contributed by atoms with Crippen LogP contribution in [-0.2, 0) is 11.3 Å². The lowest BCUT2D eigenvalue weighted by molar-refractivity contribution is -0.00545. The number of nitrogens with one attached hydrogen (secondary N) is 2. The number of rotatable bonds is 5. The minimum absolute atomic E-state index is 0.242. The highest BCUT2D eigenvalue weighted by Gasteiger charge is 2.22. The molecule has 1 aliphatic rings.